The van der Waals surface area contributed by atoms with Crippen LogP contribution >= 0.6 is 0 Å². The van der Waals surface area contributed by atoms with Crippen molar-refractivity contribution in [2.75, 3.05) is 20.1 Å². The van der Waals surface area contributed by atoms with Gasteiger partial charge in [0, 0.05) is 18.9 Å². The standard InChI is InChI=1S/C22H30N2O4/c1-23-21(27)28-19-13-24(14-19)20(26)12-22(15-6-3-2-4-7-15)16-8-5-9-17(22)11-18(25)10-16/h2-4,6-7,16-19,25H,5,8-14H2,1H3,(H,23,27)/t16?,17?,18-,22-. The number of aliphatic hydroxyl groups excluding tert-OH is 1. The lowest BCUT2D eigenvalue weighted by Gasteiger charge is -2.55. The van der Waals surface area contributed by atoms with E-state index in [1.165, 1.54) is 19.0 Å². The van der Waals surface area contributed by atoms with Gasteiger partial charge >= 0.3 is 6.09 Å². The molecule has 2 atom stereocenters. The van der Waals surface area contributed by atoms with Gasteiger partial charge in [-0.25, -0.2) is 4.79 Å². The summed E-state index contributed by atoms with van der Waals surface area (Å²) in [6, 6.07) is 10.4. The monoisotopic (exact) mass is 386 g/mol. The van der Waals surface area contributed by atoms with Gasteiger partial charge in [0.05, 0.1) is 19.2 Å². The number of nitrogens with zero attached hydrogens (tertiary/aromatic N) is 1. The second-order valence-corrected chi connectivity index (χ2v) is 8.61. The number of fused-ring (bicyclic) bond motifs is 2. The van der Waals surface area contributed by atoms with E-state index in [-0.39, 0.29) is 23.5 Å². The predicted molar refractivity (Wildman–Crippen MR) is 105 cm³/mol. The fourth-order valence-electron chi connectivity index (χ4n) is 5.77. The van der Waals surface area contributed by atoms with Gasteiger partial charge in [0.2, 0.25) is 5.91 Å². The Bertz CT molecular complexity index is 703. The van der Waals surface area contributed by atoms with E-state index in [4.69, 9.17) is 4.74 Å². The van der Waals surface area contributed by atoms with E-state index in [1.54, 1.807) is 4.90 Å². The SMILES string of the molecule is CNC(=O)OC1CN(C(=O)C[C@]2(c3ccccc3)C3CCCC2C[C@@H](O)C3)C1. The lowest BCUT2D eigenvalue weighted by Crippen LogP contribution is -2.59. The van der Waals surface area contributed by atoms with Crippen molar-refractivity contribution in [2.24, 2.45) is 11.8 Å². The Morgan fingerprint density at radius 1 is 1.18 bits per heavy atom. The van der Waals surface area contributed by atoms with Crippen molar-refractivity contribution in [3.63, 3.8) is 0 Å². The predicted octanol–water partition coefficient (Wildman–Crippen LogP) is 2.45. The largest absolute Gasteiger partial charge is 0.442 e. The maximum atomic E-state index is 13.2. The molecular formula is C22H30N2O4. The first-order valence-electron chi connectivity index (χ1n) is 10.4. The van der Waals surface area contributed by atoms with Crippen LogP contribution in [0.1, 0.15) is 44.1 Å². The van der Waals surface area contributed by atoms with Crippen LogP contribution in [0.4, 0.5) is 4.79 Å². The van der Waals surface area contributed by atoms with E-state index >= 15 is 0 Å². The zero-order valence-corrected chi connectivity index (χ0v) is 16.5. The maximum Gasteiger partial charge on any atom is 0.407 e. The van der Waals surface area contributed by atoms with Crippen LogP contribution in [-0.2, 0) is 14.9 Å². The molecule has 6 nitrogen and oxygen atoms in total. The van der Waals surface area contributed by atoms with Crippen LogP contribution in [0.15, 0.2) is 30.3 Å². The molecule has 0 radical (unpaired) electrons. The Morgan fingerprint density at radius 2 is 1.82 bits per heavy atom. The summed E-state index contributed by atoms with van der Waals surface area (Å²) in [5, 5.41) is 12.8. The van der Waals surface area contributed by atoms with E-state index in [1.807, 2.05) is 6.07 Å². The summed E-state index contributed by atoms with van der Waals surface area (Å²) in [6.07, 6.45) is 4.43. The molecule has 2 unspecified atom stereocenters. The van der Waals surface area contributed by atoms with E-state index in [2.05, 4.69) is 29.6 Å². The quantitative estimate of drug-likeness (QED) is 0.833. The summed E-state index contributed by atoms with van der Waals surface area (Å²) in [6.45, 7) is 0.935. The number of carbonyl (C=O) groups is 2. The van der Waals surface area contributed by atoms with Gasteiger partial charge in [-0.2, -0.15) is 0 Å². The third kappa shape index (κ3) is 3.39. The number of amides is 2. The lowest BCUT2D eigenvalue weighted by atomic mass is 9.50. The molecule has 3 aliphatic rings. The van der Waals surface area contributed by atoms with Crippen LogP contribution in [0.5, 0.6) is 0 Å². The van der Waals surface area contributed by atoms with Crippen LogP contribution < -0.4 is 5.32 Å². The molecule has 0 aromatic heterocycles. The number of hydrogen-bond acceptors (Lipinski definition) is 4. The van der Waals surface area contributed by atoms with Gasteiger partial charge in [0.15, 0.2) is 0 Å². The number of nitrogens with one attached hydrogen (secondary N) is 1. The number of alkyl carbamates (subject to hydrolysis) is 1. The molecule has 2 aliphatic carbocycles. The normalized spacial score (nSPS) is 32.4. The molecule has 2 bridgehead atoms. The van der Waals surface area contributed by atoms with Gasteiger partial charge in [-0.05, 0) is 43.1 Å². The lowest BCUT2D eigenvalue weighted by molar-refractivity contribution is -0.146. The van der Waals surface area contributed by atoms with Crippen LogP contribution in [0.3, 0.4) is 0 Å². The van der Waals surface area contributed by atoms with Crippen LogP contribution in [-0.4, -0.2) is 54.4 Å². The van der Waals surface area contributed by atoms with E-state index < -0.39 is 6.09 Å². The summed E-state index contributed by atoms with van der Waals surface area (Å²) in [4.78, 5) is 26.3. The molecule has 1 aromatic rings. The Labute approximate surface area is 166 Å². The molecular weight excluding hydrogens is 356 g/mol. The smallest absolute Gasteiger partial charge is 0.407 e. The fourth-order valence-corrected chi connectivity index (χ4v) is 5.77. The Kier molecular flexibility index (Phi) is 5.32. The summed E-state index contributed by atoms with van der Waals surface area (Å²) in [5.41, 5.74) is 1.05. The number of rotatable bonds is 4. The van der Waals surface area contributed by atoms with Gasteiger partial charge in [0.25, 0.3) is 0 Å². The van der Waals surface area contributed by atoms with Crippen LogP contribution in [0.2, 0.25) is 0 Å². The number of ether oxygens (including phenoxy) is 1. The van der Waals surface area contributed by atoms with E-state index in [9.17, 15) is 14.7 Å². The summed E-state index contributed by atoms with van der Waals surface area (Å²) < 4.78 is 5.23. The highest BCUT2D eigenvalue weighted by molar-refractivity contribution is 5.79. The van der Waals surface area contributed by atoms with Gasteiger partial charge in [0.1, 0.15) is 6.10 Å². The highest BCUT2D eigenvalue weighted by Gasteiger charge is 2.54. The van der Waals surface area contributed by atoms with Crippen molar-refractivity contribution in [1.82, 2.24) is 10.2 Å². The van der Waals surface area contributed by atoms with Gasteiger partial charge in [-0.3, -0.25) is 4.79 Å². The first-order valence-corrected chi connectivity index (χ1v) is 10.4. The number of carbonyl (C=O) groups excluding carboxylic acids is 2. The van der Waals surface area contributed by atoms with E-state index in [0.29, 0.717) is 31.3 Å². The number of likely N-dealkylation sites (tertiary alicyclic amines) is 1. The fraction of sp³-hybridized carbons (Fsp3) is 0.636. The molecule has 2 N–H and O–H groups in total. The third-order valence-electron chi connectivity index (χ3n) is 7.11. The molecule has 1 aromatic carbocycles. The Balaban J connectivity index is 1.53. The van der Waals surface area contributed by atoms with E-state index in [0.717, 1.165) is 25.7 Å². The third-order valence-corrected chi connectivity index (χ3v) is 7.11. The van der Waals surface area contributed by atoms with Crippen molar-refractivity contribution in [3.8, 4) is 0 Å². The molecule has 1 saturated heterocycles. The van der Waals surface area contributed by atoms with Crippen molar-refractivity contribution in [2.45, 2.75) is 56.1 Å². The summed E-state index contributed by atoms with van der Waals surface area (Å²) >= 11 is 0. The Hall–Kier alpha value is -2.08. The molecule has 3 fully saturated rings. The summed E-state index contributed by atoms with van der Waals surface area (Å²) in [7, 11) is 1.53. The summed E-state index contributed by atoms with van der Waals surface area (Å²) in [5.74, 6) is 0.801. The zero-order chi connectivity index (χ0) is 19.7. The van der Waals surface area contributed by atoms with Gasteiger partial charge < -0.3 is 20.1 Å². The molecule has 2 saturated carbocycles. The molecule has 1 aliphatic heterocycles. The molecule has 0 spiro atoms. The van der Waals surface area contributed by atoms with Crippen molar-refractivity contribution < 1.29 is 19.4 Å². The number of hydrogen-bond donors (Lipinski definition) is 2. The second kappa shape index (κ2) is 7.74. The van der Waals surface area contributed by atoms with Crippen LogP contribution in [0.25, 0.3) is 0 Å². The minimum absolute atomic E-state index is 0.133. The number of aliphatic hydroxyl groups is 1. The van der Waals surface area contributed by atoms with Crippen molar-refractivity contribution in [1.29, 1.82) is 0 Å². The van der Waals surface area contributed by atoms with Gasteiger partial charge in [-0.15, -0.1) is 0 Å². The molecule has 28 heavy (non-hydrogen) atoms. The Morgan fingerprint density at radius 3 is 2.43 bits per heavy atom. The van der Waals surface area contributed by atoms with Crippen molar-refractivity contribution >= 4 is 12.0 Å². The average Bonchev–Trinajstić information content (AvgIpc) is 2.65. The molecule has 6 heteroatoms. The maximum absolute atomic E-state index is 13.2. The average molecular weight is 386 g/mol. The van der Waals surface area contributed by atoms with Gasteiger partial charge in [-0.1, -0.05) is 36.8 Å². The topological polar surface area (TPSA) is 78.9 Å². The highest BCUT2D eigenvalue weighted by atomic mass is 16.6. The molecule has 152 valence electrons. The van der Waals surface area contributed by atoms with Crippen LogP contribution in [0, 0.1) is 11.8 Å². The van der Waals surface area contributed by atoms with Crippen molar-refractivity contribution in [3.05, 3.63) is 35.9 Å². The highest BCUT2D eigenvalue weighted by Crippen LogP contribution is 2.56. The second-order valence-electron chi connectivity index (χ2n) is 8.61. The molecule has 4 rings (SSSR count). The minimum Gasteiger partial charge on any atom is -0.442 e. The minimum atomic E-state index is -0.450. The zero-order valence-electron chi connectivity index (χ0n) is 16.5. The molecule has 2 amide bonds. The number of benzene rings is 1. The first kappa shape index (κ1) is 19.2. The first-order chi connectivity index (χ1) is 13.5. The molecule has 1 heterocycles.